The molecule has 4 rings (SSSR count). The van der Waals surface area contributed by atoms with Gasteiger partial charge in [0.05, 0.1) is 6.42 Å². The van der Waals surface area contributed by atoms with Crippen LogP contribution in [0.5, 0.6) is 0 Å². The van der Waals surface area contributed by atoms with Gasteiger partial charge in [0.15, 0.2) is 0 Å². The fourth-order valence-corrected chi connectivity index (χ4v) is 5.11. The average molecular weight is 401 g/mol. The van der Waals surface area contributed by atoms with Crippen molar-refractivity contribution in [1.29, 1.82) is 0 Å². The van der Waals surface area contributed by atoms with Crippen LogP contribution in [0.2, 0.25) is 0 Å². The molecule has 27 heavy (non-hydrogen) atoms. The molecule has 0 bridgehead atoms. The van der Waals surface area contributed by atoms with E-state index in [9.17, 15) is 4.79 Å². The molecule has 2 aromatic heterocycles. The van der Waals surface area contributed by atoms with Crippen molar-refractivity contribution in [2.75, 3.05) is 11.1 Å². The van der Waals surface area contributed by atoms with Gasteiger partial charge in [-0.25, -0.2) is 0 Å². The molecule has 0 aliphatic heterocycles. The van der Waals surface area contributed by atoms with Crippen LogP contribution in [-0.4, -0.2) is 26.3 Å². The van der Waals surface area contributed by atoms with Crippen molar-refractivity contribution in [3.8, 4) is 0 Å². The molecule has 9 heteroatoms. The largest absolute Gasteiger partial charge is 0.374 e. The van der Waals surface area contributed by atoms with E-state index < -0.39 is 0 Å². The summed E-state index contributed by atoms with van der Waals surface area (Å²) in [6.07, 6.45) is 4.55. The molecule has 1 amide bonds. The minimum atomic E-state index is -0.0675. The van der Waals surface area contributed by atoms with Crippen LogP contribution in [0.15, 0.2) is 30.3 Å². The van der Waals surface area contributed by atoms with Crippen LogP contribution >= 0.6 is 22.7 Å². The van der Waals surface area contributed by atoms with Crippen LogP contribution in [0.1, 0.15) is 40.8 Å². The standard InChI is InChI=1S/C18H20N6OS2/c19-17-23-21-15(26-17)10-12-6-7-13(8-12)16-22-24-18(27-16)20-14(25)9-11-4-2-1-3-5-11/h1-5,12-13H,6-10H2,(H2,19,23)(H,20,24,25). The molecule has 0 radical (unpaired) electrons. The minimum Gasteiger partial charge on any atom is -0.374 e. The molecule has 2 atom stereocenters. The van der Waals surface area contributed by atoms with E-state index in [2.05, 4.69) is 25.7 Å². The number of carbonyl (C=O) groups is 1. The Morgan fingerprint density at radius 2 is 1.96 bits per heavy atom. The Labute approximate surface area is 165 Å². The summed E-state index contributed by atoms with van der Waals surface area (Å²) in [4.78, 5) is 12.2. The van der Waals surface area contributed by atoms with Crippen molar-refractivity contribution in [3.05, 3.63) is 45.9 Å². The van der Waals surface area contributed by atoms with Crippen LogP contribution in [-0.2, 0) is 17.6 Å². The van der Waals surface area contributed by atoms with E-state index in [1.54, 1.807) is 0 Å². The predicted octanol–water partition coefficient (Wildman–Crippen LogP) is 3.28. The van der Waals surface area contributed by atoms with E-state index >= 15 is 0 Å². The molecule has 1 aliphatic carbocycles. The zero-order valence-electron chi connectivity index (χ0n) is 14.7. The lowest BCUT2D eigenvalue weighted by atomic mass is 10.0. The Balaban J connectivity index is 1.31. The molecule has 1 aliphatic rings. The highest BCUT2D eigenvalue weighted by atomic mass is 32.1. The second-order valence-electron chi connectivity index (χ2n) is 6.77. The summed E-state index contributed by atoms with van der Waals surface area (Å²) in [5.41, 5.74) is 6.64. The fraction of sp³-hybridized carbons (Fsp3) is 0.389. The quantitative estimate of drug-likeness (QED) is 0.658. The summed E-state index contributed by atoms with van der Waals surface area (Å²) in [7, 11) is 0. The molecule has 1 saturated carbocycles. The van der Waals surface area contributed by atoms with Gasteiger partial charge in [0.25, 0.3) is 0 Å². The Morgan fingerprint density at radius 3 is 2.74 bits per heavy atom. The van der Waals surface area contributed by atoms with Crippen LogP contribution in [0.4, 0.5) is 10.3 Å². The number of hydrogen-bond acceptors (Lipinski definition) is 8. The predicted molar refractivity (Wildman–Crippen MR) is 107 cm³/mol. The van der Waals surface area contributed by atoms with Gasteiger partial charge in [-0.3, -0.25) is 4.79 Å². The Bertz CT molecular complexity index is 909. The number of amides is 1. The smallest absolute Gasteiger partial charge is 0.230 e. The third-order valence-electron chi connectivity index (χ3n) is 4.73. The number of nitrogens with two attached hydrogens (primary N) is 1. The van der Waals surface area contributed by atoms with Crippen molar-refractivity contribution in [1.82, 2.24) is 20.4 Å². The van der Waals surface area contributed by atoms with Gasteiger partial charge in [0, 0.05) is 12.3 Å². The lowest BCUT2D eigenvalue weighted by Crippen LogP contribution is -2.14. The maximum Gasteiger partial charge on any atom is 0.230 e. The highest BCUT2D eigenvalue weighted by molar-refractivity contribution is 7.15. The molecule has 2 unspecified atom stereocenters. The van der Waals surface area contributed by atoms with Gasteiger partial charge >= 0.3 is 0 Å². The third-order valence-corrected chi connectivity index (χ3v) is 6.51. The van der Waals surface area contributed by atoms with E-state index in [-0.39, 0.29) is 5.91 Å². The number of nitrogen functional groups attached to an aromatic ring is 1. The molecule has 0 saturated heterocycles. The van der Waals surface area contributed by atoms with E-state index in [0.717, 1.165) is 41.3 Å². The summed E-state index contributed by atoms with van der Waals surface area (Å²) in [6.45, 7) is 0. The minimum absolute atomic E-state index is 0.0675. The molecular weight excluding hydrogens is 380 g/mol. The van der Waals surface area contributed by atoms with Gasteiger partial charge in [-0.15, -0.1) is 20.4 Å². The average Bonchev–Trinajstić information content (AvgIpc) is 3.38. The number of nitrogens with zero attached hydrogens (tertiary/aromatic N) is 4. The van der Waals surface area contributed by atoms with Crippen molar-refractivity contribution in [2.45, 2.75) is 38.0 Å². The van der Waals surface area contributed by atoms with Crippen LogP contribution in [0.3, 0.4) is 0 Å². The maximum atomic E-state index is 12.2. The normalized spacial score (nSPS) is 19.3. The van der Waals surface area contributed by atoms with Gasteiger partial charge in [-0.2, -0.15) is 0 Å². The highest BCUT2D eigenvalue weighted by Crippen LogP contribution is 2.41. The maximum absolute atomic E-state index is 12.2. The lowest BCUT2D eigenvalue weighted by molar-refractivity contribution is -0.115. The van der Waals surface area contributed by atoms with E-state index in [4.69, 9.17) is 5.73 Å². The van der Waals surface area contributed by atoms with Crippen LogP contribution in [0, 0.1) is 5.92 Å². The topological polar surface area (TPSA) is 107 Å². The zero-order chi connectivity index (χ0) is 18.6. The summed E-state index contributed by atoms with van der Waals surface area (Å²) in [6, 6.07) is 9.68. The number of hydrogen-bond donors (Lipinski definition) is 2. The van der Waals surface area contributed by atoms with Gasteiger partial charge < -0.3 is 11.1 Å². The molecule has 1 fully saturated rings. The van der Waals surface area contributed by atoms with Crippen molar-refractivity contribution in [2.24, 2.45) is 5.92 Å². The zero-order valence-corrected chi connectivity index (χ0v) is 16.3. The number of benzene rings is 1. The molecule has 3 N–H and O–H groups in total. The Morgan fingerprint density at radius 1 is 1.11 bits per heavy atom. The number of rotatable bonds is 6. The molecule has 1 aromatic carbocycles. The van der Waals surface area contributed by atoms with E-state index in [0.29, 0.717) is 28.5 Å². The number of anilines is 2. The van der Waals surface area contributed by atoms with Gasteiger partial charge in [0.2, 0.25) is 16.2 Å². The summed E-state index contributed by atoms with van der Waals surface area (Å²) >= 11 is 2.95. The molecule has 7 nitrogen and oxygen atoms in total. The molecular formula is C18H20N6OS2. The Kier molecular flexibility index (Phi) is 5.40. The highest BCUT2D eigenvalue weighted by Gasteiger charge is 2.29. The first-order valence-electron chi connectivity index (χ1n) is 8.90. The first kappa shape index (κ1) is 18.0. The first-order valence-corrected chi connectivity index (χ1v) is 10.5. The van der Waals surface area contributed by atoms with Crippen molar-refractivity contribution in [3.63, 3.8) is 0 Å². The summed E-state index contributed by atoms with van der Waals surface area (Å²) < 4.78 is 0. The number of carbonyl (C=O) groups excluding carboxylic acids is 1. The molecule has 3 aromatic rings. The van der Waals surface area contributed by atoms with E-state index in [1.807, 2.05) is 30.3 Å². The van der Waals surface area contributed by atoms with Crippen LogP contribution < -0.4 is 11.1 Å². The number of aromatic nitrogens is 4. The monoisotopic (exact) mass is 400 g/mol. The van der Waals surface area contributed by atoms with E-state index in [1.165, 1.54) is 22.7 Å². The lowest BCUT2D eigenvalue weighted by Gasteiger charge is -2.06. The van der Waals surface area contributed by atoms with Gasteiger partial charge in [0.1, 0.15) is 10.0 Å². The fourth-order valence-electron chi connectivity index (χ4n) is 3.48. The van der Waals surface area contributed by atoms with Gasteiger partial charge in [-0.05, 0) is 30.7 Å². The van der Waals surface area contributed by atoms with Crippen molar-refractivity contribution < 1.29 is 4.79 Å². The second kappa shape index (κ2) is 8.10. The molecule has 2 heterocycles. The SMILES string of the molecule is Nc1nnc(CC2CCC(c3nnc(NC(=O)Cc4ccccc4)s3)C2)s1. The second-order valence-corrected chi connectivity index (χ2v) is 8.87. The summed E-state index contributed by atoms with van der Waals surface area (Å²) in [5.74, 6) is 0.905. The first-order chi connectivity index (χ1) is 13.2. The van der Waals surface area contributed by atoms with Gasteiger partial charge in [-0.1, -0.05) is 53.0 Å². The summed E-state index contributed by atoms with van der Waals surface area (Å²) in [5, 5.41) is 22.4. The third kappa shape index (κ3) is 4.67. The Hall–Kier alpha value is -2.39. The van der Waals surface area contributed by atoms with Crippen molar-refractivity contribution >= 4 is 38.8 Å². The molecule has 0 spiro atoms. The molecule has 140 valence electrons. The number of nitrogens with one attached hydrogen (secondary N) is 1. The van der Waals surface area contributed by atoms with Crippen LogP contribution in [0.25, 0.3) is 0 Å².